The zero-order valence-electron chi connectivity index (χ0n) is 17.8. The number of carbonyl (C=O) groups excluding carboxylic acids is 1. The van der Waals surface area contributed by atoms with Crippen LogP contribution >= 0.6 is 0 Å². The summed E-state index contributed by atoms with van der Waals surface area (Å²) in [5, 5.41) is 12.4. The number of hydroxylamine groups is 1. The van der Waals surface area contributed by atoms with Gasteiger partial charge in [0.05, 0.1) is 0 Å². The Balaban J connectivity index is 1.56. The van der Waals surface area contributed by atoms with E-state index in [0.29, 0.717) is 6.04 Å². The number of amides is 1. The first kappa shape index (κ1) is 22.0. The molecule has 1 amide bonds. The minimum atomic E-state index is -0.526. The van der Waals surface area contributed by atoms with Crippen molar-refractivity contribution in [2.75, 3.05) is 32.1 Å². The maximum atomic E-state index is 11.3. The molecule has 0 saturated carbocycles. The number of piperidine rings is 1. The van der Waals surface area contributed by atoms with Crippen LogP contribution < -0.4 is 15.7 Å². The Labute approximate surface area is 179 Å². The van der Waals surface area contributed by atoms with Crippen LogP contribution in [0.25, 0.3) is 6.08 Å². The number of anilines is 1. The van der Waals surface area contributed by atoms with Gasteiger partial charge in [-0.25, -0.2) is 5.48 Å². The van der Waals surface area contributed by atoms with Gasteiger partial charge in [0.15, 0.2) is 0 Å². The summed E-state index contributed by atoms with van der Waals surface area (Å²) in [7, 11) is 4.20. The number of nitrogens with one attached hydrogen (secondary N) is 2. The molecule has 0 bridgehead atoms. The van der Waals surface area contributed by atoms with Gasteiger partial charge in [0.25, 0.3) is 5.91 Å². The molecule has 3 rings (SSSR count). The predicted octanol–water partition coefficient (Wildman–Crippen LogP) is 3.03. The topological polar surface area (TPSA) is 67.8 Å². The van der Waals surface area contributed by atoms with Gasteiger partial charge in [-0.1, -0.05) is 42.5 Å². The van der Waals surface area contributed by atoms with Crippen LogP contribution in [0.1, 0.15) is 29.5 Å². The highest BCUT2D eigenvalue weighted by molar-refractivity contribution is 5.91. The molecule has 0 aromatic heterocycles. The molecular formula is C24H32N4O2. The number of para-hydroxylation sites is 1. The second-order valence-corrected chi connectivity index (χ2v) is 8.02. The van der Waals surface area contributed by atoms with E-state index in [4.69, 9.17) is 5.21 Å². The van der Waals surface area contributed by atoms with E-state index in [0.717, 1.165) is 50.3 Å². The largest absolute Gasteiger partial charge is 0.371 e. The highest BCUT2D eigenvalue weighted by atomic mass is 16.5. The molecule has 1 saturated heterocycles. The summed E-state index contributed by atoms with van der Waals surface area (Å²) < 4.78 is 0. The molecule has 2 aromatic carbocycles. The second-order valence-electron chi connectivity index (χ2n) is 8.02. The van der Waals surface area contributed by atoms with E-state index in [2.05, 4.69) is 59.5 Å². The zero-order chi connectivity index (χ0) is 21.3. The number of hydrogen-bond donors (Lipinski definition) is 3. The van der Waals surface area contributed by atoms with Gasteiger partial charge in [-0.3, -0.25) is 10.0 Å². The van der Waals surface area contributed by atoms with Crippen LogP contribution in [0, 0.1) is 0 Å². The molecule has 1 aliphatic heterocycles. The lowest BCUT2D eigenvalue weighted by molar-refractivity contribution is -0.124. The van der Waals surface area contributed by atoms with Crippen LogP contribution in [0.5, 0.6) is 0 Å². The van der Waals surface area contributed by atoms with Gasteiger partial charge in [0.1, 0.15) is 0 Å². The van der Waals surface area contributed by atoms with Crippen molar-refractivity contribution in [3.05, 3.63) is 71.3 Å². The van der Waals surface area contributed by atoms with Crippen LogP contribution in [0.15, 0.2) is 54.6 Å². The third-order valence-electron chi connectivity index (χ3n) is 5.48. The molecule has 0 atom stereocenters. The second kappa shape index (κ2) is 10.9. The summed E-state index contributed by atoms with van der Waals surface area (Å²) in [5.74, 6) is -0.526. The van der Waals surface area contributed by atoms with Crippen molar-refractivity contribution >= 4 is 17.7 Å². The highest BCUT2D eigenvalue weighted by Crippen LogP contribution is 2.25. The first-order valence-electron chi connectivity index (χ1n) is 10.5. The third-order valence-corrected chi connectivity index (χ3v) is 5.48. The molecule has 2 aromatic rings. The van der Waals surface area contributed by atoms with Crippen LogP contribution in [0.4, 0.5) is 5.69 Å². The number of benzene rings is 2. The fourth-order valence-electron chi connectivity index (χ4n) is 3.92. The average molecular weight is 409 g/mol. The number of rotatable bonds is 8. The first-order valence-corrected chi connectivity index (χ1v) is 10.5. The average Bonchev–Trinajstić information content (AvgIpc) is 2.77. The normalized spacial score (nSPS) is 15.1. The smallest absolute Gasteiger partial charge is 0.267 e. The van der Waals surface area contributed by atoms with E-state index in [9.17, 15) is 4.79 Å². The molecule has 0 aliphatic carbocycles. The van der Waals surface area contributed by atoms with Crippen LogP contribution in [-0.4, -0.2) is 49.2 Å². The monoisotopic (exact) mass is 408 g/mol. The molecule has 3 N–H and O–H groups in total. The van der Waals surface area contributed by atoms with Crippen molar-refractivity contribution in [3.8, 4) is 0 Å². The molecule has 1 fully saturated rings. The van der Waals surface area contributed by atoms with Crippen LogP contribution in [-0.2, 0) is 17.9 Å². The maximum Gasteiger partial charge on any atom is 0.267 e. The van der Waals surface area contributed by atoms with Gasteiger partial charge in [-0.05, 0) is 55.8 Å². The summed E-state index contributed by atoms with van der Waals surface area (Å²) >= 11 is 0. The van der Waals surface area contributed by atoms with Gasteiger partial charge < -0.3 is 15.1 Å². The summed E-state index contributed by atoms with van der Waals surface area (Å²) in [6.07, 6.45) is 5.24. The highest BCUT2D eigenvalue weighted by Gasteiger charge is 2.20. The lowest BCUT2D eigenvalue weighted by Crippen LogP contribution is -2.42. The van der Waals surface area contributed by atoms with Crippen LogP contribution in [0.3, 0.4) is 0 Å². The van der Waals surface area contributed by atoms with E-state index in [-0.39, 0.29) is 0 Å². The Morgan fingerprint density at radius 2 is 1.77 bits per heavy atom. The Morgan fingerprint density at radius 1 is 1.10 bits per heavy atom. The third kappa shape index (κ3) is 6.16. The van der Waals surface area contributed by atoms with E-state index < -0.39 is 5.91 Å². The molecular weight excluding hydrogens is 376 g/mol. The molecule has 160 valence electrons. The van der Waals surface area contributed by atoms with Crippen LogP contribution in [0.2, 0.25) is 0 Å². The van der Waals surface area contributed by atoms with Gasteiger partial charge in [0, 0.05) is 44.0 Å². The molecule has 0 spiro atoms. The van der Waals surface area contributed by atoms with Crippen molar-refractivity contribution in [2.24, 2.45) is 0 Å². The summed E-state index contributed by atoms with van der Waals surface area (Å²) in [6.45, 7) is 3.78. The molecule has 30 heavy (non-hydrogen) atoms. The van der Waals surface area contributed by atoms with Gasteiger partial charge in [0.2, 0.25) is 0 Å². The number of hydrogen-bond acceptors (Lipinski definition) is 5. The minimum absolute atomic E-state index is 0.497. The number of carbonyl (C=O) groups is 1. The van der Waals surface area contributed by atoms with Crippen molar-refractivity contribution in [2.45, 2.75) is 32.0 Å². The molecule has 1 aliphatic rings. The standard InChI is InChI=1S/C24H32N4O2/c1-27(2)18-21-9-4-3-8-20(21)17-25-22-13-15-28(16-14-22)23-10-6-5-7-19(23)11-12-24(29)26-30/h3-12,22,25,30H,13-18H2,1-2H3,(H,26,29)/b12-11+. The quantitative estimate of drug-likeness (QED) is 0.356. The molecule has 1 heterocycles. The van der Waals surface area contributed by atoms with Gasteiger partial charge >= 0.3 is 0 Å². The van der Waals surface area contributed by atoms with Crippen molar-refractivity contribution in [1.29, 1.82) is 0 Å². The Morgan fingerprint density at radius 3 is 2.47 bits per heavy atom. The maximum absolute atomic E-state index is 11.3. The Hall–Kier alpha value is -2.67. The van der Waals surface area contributed by atoms with E-state index in [1.165, 1.54) is 17.2 Å². The van der Waals surface area contributed by atoms with E-state index in [1.807, 2.05) is 18.2 Å². The summed E-state index contributed by atoms with van der Waals surface area (Å²) in [4.78, 5) is 15.9. The van der Waals surface area contributed by atoms with Crippen molar-refractivity contribution in [1.82, 2.24) is 15.7 Å². The van der Waals surface area contributed by atoms with E-state index in [1.54, 1.807) is 11.6 Å². The summed E-state index contributed by atoms with van der Waals surface area (Å²) in [5.41, 5.74) is 6.47. The Kier molecular flexibility index (Phi) is 8.02. The summed E-state index contributed by atoms with van der Waals surface area (Å²) in [6, 6.07) is 17.2. The fraction of sp³-hybridized carbons (Fsp3) is 0.375. The van der Waals surface area contributed by atoms with Crippen molar-refractivity contribution in [3.63, 3.8) is 0 Å². The van der Waals surface area contributed by atoms with Gasteiger partial charge in [-0.2, -0.15) is 0 Å². The number of nitrogens with zero attached hydrogens (tertiary/aromatic N) is 2. The molecule has 0 unspecified atom stereocenters. The van der Waals surface area contributed by atoms with Gasteiger partial charge in [-0.15, -0.1) is 0 Å². The Bertz CT molecular complexity index is 858. The SMILES string of the molecule is CN(C)Cc1ccccc1CNC1CCN(c2ccccc2/C=C/C(=O)NO)CC1. The minimum Gasteiger partial charge on any atom is -0.371 e. The molecule has 6 heteroatoms. The van der Waals surface area contributed by atoms with E-state index >= 15 is 0 Å². The molecule has 0 radical (unpaired) electrons. The molecule has 6 nitrogen and oxygen atoms in total. The lowest BCUT2D eigenvalue weighted by atomic mass is 10.0. The first-order chi connectivity index (χ1) is 14.6. The lowest BCUT2D eigenvalue weighted by Gasteiger charge is -2.35. The van der Waals surface area contributed by atoms with Crippen molar-refractivity contribution < 1.29 is 10.0 Å². The zero-order valence-corrected chi connectivity index (χ0v) is 17.8. The predicted molar refractivity (Wildman–Crippen MR) is 121 cm³/mol. The fourth-order valence-corrected chi connectivity index (χ4v) is 3.92.